The van der Waals surface area contributed by atoms with Crippen LogP contribution in [-0.2, 0) is 32.2 Å². The van der Waals surface area contributed by atoms with Gasteiger partial charge in [0.05, 0.1) is 26.2 Å². The molecule has 202 valence electrons. The number of benzene rings is 1. The highest BCUT2D eigenvalue weighted by Crippen LogP contribution is 2.29. The van der Waals surface area contributed by atoms with E-state index in [-0.39, 0.29) is 24.8 Å². The maximum atomic E-state index is 13.6. The zero-order chi connectivity index (χ0) is 26.9. The Morgan fingerprint density at radius 1 is 1.16 bits per heavy atom. The summed E-state index contributed by atoms with van der Waals surface area (Å²) < 4.78 is 10.8. The van der Waals surface area contributed by atoms with Crippen LogP contribution < -0.4 is 5.32 Å². The largest absolute Gasteiger partial charge is 0.467 e. The number of fused-ring (bicyclic) bond motifs is 1. The Hall–Kier alpha value is -3.13. The van der Waals surface area contributed by atoms with Crippen molar-refractivity contribution in [1.82, 2.24) is 15.1 Å². The summed E-state index contributed by atoms with van der Waals surface area (Å²) in [4.78, 5) is 42.3. The Kier molecular flexibility index (Phi) is 10.3. The molecule has 8 nitrogen and oxygen atoms in total. The average Bonchev–Trinajstić information content (AvgIpc) is 3.51. The number of nitrogens with zero attached hydrogens (tertiary/aromatic N) is 2. The van der Waals surface area contributed by atoms with Gasteiger partial charge in [-0.3, -0.25) is 9.69 Å². The number of esters is 1. The summed E-state index contributed by atoms with van der Waals surface area (Å²) in [6.45, 7) is 13.3. The predicted molar refractivity (Wildman–Crippen MR) is 143 cm³/mol. The predicted octanol–water partition coefficient (Wildman–Crippen LogP) is 4.28. The van der Waals surface area contributed by atoms with E-state index in [9.17, 15) is 14.4 Å². The molecule has 2 aliphatic heterocycles. The van der Waals surface area contributed by atoms with Crippen molar-refractivity contribution in [1.29, 1.82) is 0 Å². The van der Waals surface area contributed by atoms with Gasteiger partial charge in [0.15, 0.2) is 0 Å². The zero-order valence-corrected chi connectivity index (χ0v) is 22.4. The molecule has 2 amide bonds. The fourth-order valence-corrected chi connectivity index (χ4v) is 5.11. The number of amides is 2. The van der Waals surface area contributed by atoms with Crippen LogP contribution in [0, 0.1) is 5.92 Å². The number of rotatable bonds is 12. The van der Waals surface area contributed by atoms with Gasteiger partial charge in [-0.25, -0.2) is 9.59 Å². The van der Waals surface area contributed by atoms with Crippen LogP contribution in [0.3, 0.4) is 0 Å². The van der Waals surface area contributed by atoms with Crippen molar-refractivity contribution < 1.29 is 23.9 Å². The van der Waals surface area contributed by atoms with E-state index >= 15 is 0 Å². The molecule has 1 aromatic rings. The molecule has 1 saturated heterocycles. The van der Waals surface area contributed by atoms with Crippen LogP contribution in [0.25, 0.3) is 6.08 Å². The van der Waals surface area contributed by atoms with Crippen LogP contribution in [0.4, 0.5) is 4.79 Å². The van der Waals surface area contributed by atoms with Crippen LogP contribution in [-0.4, -0.2) is 66.2 Å². The van der Waals surface area contributed by atoms with E-state index < -0.39 is 30.3 Å². The van der Waals surface area contributed by atoms with Crippen LogP contribution in [0.1, 0.15) is 62.6 Å². The molecule has 0 bridgehead atoms. The van der Waals surface area contributed by atoms with Crippen LogP contribution >= 0.6 is 0 Å². The van der Waals surface area contributed by atoms with Gasteiger partial charge in [0.2, 0.25) is 5.91 Å². The molecule has 0 spiro atoms. The van der Waals surface area contributed by atoms with Crippen molar-refractivity contribution in [3.8, 4) is 0 Å². The normalized spacial score (nSPS) is 19.5. The van der Waals surface area contributed by atoms with Gasteiger partial charge in [-0.15, -0.1) is 6.58 Å². The maximum Gasteiger partial charge on any atom is 0.410 e. The summed E-state index contributed by atoms with van der Waals surface area (Å²) in [6.07, 6.45) is 6.95. The van der Waals surface area contributed by atoms with E-state index in [0.29, 0.717) is 19.6 Å². The lowest BCUT2D eigenvalue weighted by molar-refractivity contribution is -0.152. The second-order valence-corrected chi connectivity index (χ2v) is 10.1. The molecule has 8 heteroatoms. The minimum absolute atomic E-state index is 0.0303. The van der Waals surface area contributed by atoms with E-state index in [0.717, 1.165) is 42.4 Å². The van der Waals surface area contributed by atoms with Gasteiger partial charge in [-0.1, -0.05) is 57.2 Å². The summed E-state index contributed by atoms with van der Waals surface area (Å²) in [5, 5.41) is 3.38. The highest BCUT2D eigenvalue weighted by atomic mass is 16.6. The van der Waals surface area contributed by atoms with Gasteiger partial charge >= 0.3 is 12.1 Å². The molecule has 37 heavy (non-hydrogen) atoms. The lowest BCUT2D eigenvalue weighted by atomic mass is 10.0. The number of carbonyl (C=O) groups is 3. The number of carbonyl (C=O) groups excluding carboxylic acids is 3. The molecule has 3 rings (SSSR count). The standard InChI is InChI=1S/C29H41N3O5/c1-6-8-9-10-11-15-30-26(20(3)4)27(33)32-18-23(16-25(32)28(34)36-5)37-29(35)31-17-22-14-12-13-21(7-2)24(22)19-31/h6-7,12-14,20,23,25-26,30H,1-2,8-11,15-19H2,3-5H3/t23-,25+,26+/m1/s1. The Labute approximate surface area is 220 Å². The van der Waals surface area contributed by atoms with E-state index in [4.69, 9.17) is 9.47 Å². The molecular weight excluding hydrogens is 470 g/mol. The Balaban J connectivity index is 1.63. The van der Waals surface area contributed by atoms with Crippen molar-refractivity contribution in [3.63, 3.8) is 0 Å². The average molecular weight is 512 g/mol. The fraction of sp³-hybridized carbons (Fsp3) is 0.552. The lowest BCUT2D eigenvalue weighted by Gasteiger charge is -2.30. The Morgan fingerprint density at radius 2 is 1.95 bits per heavy atom. The quantitative estimate of drug-likeness (QED) is 0.256. The molecule has 0 unspecified atom stereocenters. The fourth-order valence-electron chi connectivity index (χ4n) is 5.11. The smallest absolute Gasteiger partial charge is 0.410 e. The number of unbranched alkanes of at least 4 members (excludes halogenated alkanes) is 3. The third-order valence-electron chi connectivity index (χ3n) is 7.17. The maximum absolute atomic E-state index is 13.6. The van der Waals surface area contributed by atoms with E-state index in [1.807, 2.05) is 38.1 Å². The minimum atomic E-state index is -0.783. The van der Waals surface area contributed by atoms with E-state index in [1.165, 1.54) is 12.0 Å². The SMILES string of the molecule is C=CCCCCCN[C@H](C(=O)N1C[C@H](OC(=O)N2Cc3cccc(C=C)c3C2)C[C@H]1C(=O)OC)C(C)C. The van der Waals surface area contributed by atoms with Crippen molar-refractivity contribution in [2.24, 2.45) is 5.92 Å². The highest BCUT2D eigenvalue weighted by Gasteiger charge is 2.44. The van der Waals surface area contributed by atoms with E-state index in [2.05, 4.69) is 18.5 Å². The van der Waals surface area contributed by atoms with Crippen molar-refractivity contribution >= 4 is 24.0 Å². The van der Waals surface area contributed by atoms with Crippen LogP contribution in [0.5, 0.6) is 0 Å². The van der Waals surface area contributed by atoms with Gasteiger partial charge < -0.3 is 19.7 Å². The van der Waals surface area contributed by atoms with Gasteiger partial charge in [0.25, 0.3) is 0 Å². The molecule has 1 fully saturated rings. The number of hydrogen-bond acceptors (Lipinski definition) is 6. The Morgan fingerprint density at radius 3 is 2.62 bits per heavy atom. The zero-order valence-electron chi connectivity index (χ0n) is 22.4. The molecule has 2 aliphatic rings. The molecule has 3 atom stereocenters. The summed E-state index contributed by atoms with van der Waals surface area (Å²) in [5.41, 5.74) is 3.14. The van der Waals surface area contributed by atoms with Gasteiger partial charge in [-0.05, 0) is 48.4 Å². The first-order valence-corrected chi connectivity index (χ1v) is 13.2. The van der Waals surface area contributed by atoms with Gasteiger partial charge in [-0.2, -0.15) is 0 Å². The minimum Gasteiger partial charge on any atom is -0.467 e. The van der Waals surface area contributed by atoms with Crippen molar-refractivity contribution in [2.75, 3.05) is 20.2 Å². The number of ether oxygens (including phenoxy) is 2. The molecule has 0 saturated carbocycles. The molecule has 0 radical (unpaired) electrons. The van der Waals surface area contributed by atoms with Crippen molar-refractivity contribution in [2.45, 2.75) is 77.2 Å². The summed E-state index contributed by atoms with van der Waals surface area (Å²) >= 11 is 0. The topological polar surface area (TPSA) is 88.2 Å². The monoisotopic (exact) mass is 511 g/mol. The molecule has 1 N–H and O–H groups in total. The third kappa shape index (κ3) is 7.01. The molecule has 1 aromatic carbocycles. The van der Waals surface area contributed by atoms with E-state index in [1.54, 1.807) is 11.0 Å². The number of allylic oxidation sites excluding steroid dienone is 1. The van der Waals surface area contributed by atoms with Crippen LogP contribution in [0.15, 0.2) is 37.4 Å². The highest BCUT2D eigenvalue weighted by molar-refractivity contribution is 5.88. The lowest BCUT2D eigenvalue weighted by Crippen LogP contribution is -2.53. The first-order valence-electron chi connectivity index (χ1n) is 13.2. The number of methoxy groups -OCH3 is 1. The number of hydrogen-bond donors (Lipinski definition) is 1. The second kappa shape index (κ2) is 13.4. The molecular formula is C29H41N3O5. The summed E-state index contributed by atoms with van der Waals surface area (Å²) in [5.74, 6) is -0.634. The summed E-state index contributed by atoms with van der Waals surface area (Å²) in [6, 6.07) is 4.70. The van der Waals surface area contributed by atoms with Crippen LogP contribution in [0.2, 0.25) is 0 Å². The van der Waals surface area contributed by atoms with Gasteiger partial charge in [0, 0.05) is 13.0 Å². The number of nitrogens with one attached hydrogen (secondary N) is 1. The number of likely N-dealkylation sites (tertiary alicyclic amines) is 1. The Bertz CT molecular complexity index is 992. The van der Waals surface area contributed by atoms with Crippen molar-refractivity contribution in [3.05, 3.63) is 54.1 Å². The molecule has 0 aromatic heterocycles. The summed E-state index contributed by atoms with van der Waals surface area (Å²) in [7, 11) is 1.31. The first kappa shape index (κ1) is 28.4. The second-order valence-electron chi connectivity index (χ2n) is 10.1. The molecule has 0 aliphatic carbocycles. The molecule has 2 heterocycles. The first-order chi connectivity index (χ1) is 17.8. The third-order valence-corrected chi connectivity index (χ3v) is 7.17. The van der Waals surface area contributed by atoms with Gasteiger partial charge in [0.1, 0.15) is 12.1 Å².